The number of likely N-dealkylation sites (N-methyl/N-ethyl adjacent to an activating group) is 1. The van der Waals surface area contributed by atoms with E-state index < -0.39 is 5.60 Å². The van der Waals surface area contributed by atoms with Crippen LogP contribution in [0.1, 0.15) is 26.3 Å². The van der Waals surface area contributed by atoms with Crippen molar-refractivity contribution in [3.63, 3.8) is 0 Å². The lowest BCUT2D eigenvalue weighted by atomic mass is 10.2. The molecular weight excluding hydrogens is 525 g/mol. The molecule has 0 saturated carbocycles. The number of nitrogens with one attached hydrogen (secondary N) is 1. The minimum Gasteiger partial charge on any atom is -0.484 e. The second kappa shape index (κ2) is 11.1. The van der Waals surface area contributed by atoms with Crippen molar-refractivity contribution in [1.82, 2.24) is 20.0 Å². The fourth-order valence-electron chi connectivity index (χ4n) is 3.42. The Kier molecular flexibility index (Phi) is 8.99. The lowest BCUT2D eigenvalue weighted by Gasteiger charge is -2.39. The Balaban J connectivity index is 0.00000363. The van der Waals surface area contributed by atoms with Crippen molar-refractivity contribution in [1.29, 1.82) is 0 Å². The molecule has 1 aromatic rings. The number of carbonyl (C=O) groups excluding carboxylic acids is 2. The summed E-state index contributed by atoms with van der Waals surface area (Å²) in [5, 5.41) is 3.40. The average Bonchev–Trinajstić information content (AvgIpc) is 3.11. The average molecular weight is 559 g/mol. The van der Waals surface area contributed by atoms with Gasteiger partial charge in [0.05, 0.1) is 12.6 Å². The predicted molar refractivity (Wildman–Crippen MR) is 133 cm³/mol. The second-order valence-corrected chi connectivity index (χ2v) is 9.02. The van der Waals surface area contributed by atoms with E-state index in [4.69, 9.17) is 9.47 Å². The van der Waals surface area contributed by atoms with Crippen LogP contribution in [0.4, 0.5) is 4.79 Å². The number of aliphatic imine (C=N–C) groups is 1. The maximum absolute atomic E-state index is 12.4. The van der Waals surface area contributed by atoms with Gasteiger partial charge in [0.1, 0.15) is 11.4 Å². The molecule has 0 aliphatic carbocycles. The van der Waals surface area contributed by atoms with Crippen LogP contribution in [-0.2, 0) is 16.1 Å². The van der Waals surface area contributed by atoms with Gasteiger partial charge >= 0.3 is 6.09 Å². The SMILES string of the molecule is CN(C)C(=O)COc1cccc(CNC2=NCC3CN(C(=O)OC(C)(C)C)CCN23)c1.I. The number of hydrogen-bond acceptors (Lipinski definition) is 7. The zero-order chi connectivity index (χ0) is 22.6. The lowest BCUT2D eigenvalue weighted by Crippen LogP contribution is -2.57. The van der Waals surface area contributed by atoms with E-state index in [-0.39, 0.29) is 48.6 Å². The van der Waals surface area contributed by atoms with Crippen LogP contribution in [0.5, 0.6) is 5.75 Å². The molecule has 9 nitrogen and oxygen atoms in total. The molecule has 1 atom stereocenters. The second-order valence-electron chi connectivity index (χ2n) is 9.02. The third-order valence-corrected chi connectivity index (χ3v) is 5.07. The molecule has 2 amide bonds. The van der Waals surface area contributed by atoms with Gasteiger partial charge in [-0.25, -0.2) is 4.79 Å². The van der Waals surface area contributed by atoms with Crippen LogP contribution in [0.2, 0.25) is 0 Å². The third kappa shape index (κ3) is 7.14. The van der Waals surface area contributed by atoms with E-state index in [1.165, 1.54) is 4.90 Å². The van der Waals surface area contributed by atoms with Gasteiger partial charge in [0, 0.05) is 40.3 Å². The first kappa shape index (κ1) is 26.0. The highest BCUT2D eigenvalue weighted by Gasteiger charge is 2.36. The molecule has 2 heterocycles. The zero-order valence-corrected chi connectivity index (χ0v) is 21.8. The first-order chi connectivity index (χ1) is 14.6. The number of fused-ring (bicyclic) bond motifs is 1. The number of amides is 2. The molecule has 3 rings (SSSR count). The van der Waals surface area contributed by atoms with Crippen molar-refractivity contribution < 1.29 is 19.1 Å². The number of guanidine groups is 1. The summed E-state index contributed by atoms with van der Waals surface area (Å²) in [6.45, 7) is 8.81. The molecule has 1 saturated heterocycles. The van der Waals surface area contributed by atoms with Gasteiger partial charge in [-0.05, 0) is 38.5 Å². The van der Waals surface area contributed by atoms with E-state index in [9.17, 15) is 9.59 Å². The number of rotatable bonds is 5. The number of ether oxygens (including phenoxy) is 2. The number of benzene rings is 1. The quantitative estimate of drug-likeness (QED) is 0.557. The van der Waals surface area contributed by atoms with Crippen LogP contribution in [0.15, 0.2) is 29.3 Å². The maximum atomic E-state index is 12.4. The molecule has 178 valence electrons. The summed E-state index contributed by atoms with van der Waals surface area (Å²) in [6.07, 6.45) is -0.266. The van der Waals surface area contributed by atoms with Crippen LogP contribution in [0, 0.1) is 0 Å². The van der Waals surface area contributed by atoms with Crippen molar-refractivity contribution in [2.75, 3.05) is 46.9 Å². The Labute approximate surface area is 207 Å². The first-order valence-corrected chi connectivity index (χ1v) is 10.6. The lowest BCUT2D eigenvalue weighted by molar-refractivity contribution is -0.130. The Morgan fingerprint density at radius 3 is 2.69 bits per heavy atom. The molecule has 10 heteroatoms. The summed E-state index contributed by atoms with van der Waals surface area (Å²) >= 11 is 0. The van der Waals surface area contributed by atoms with Gasteiger partial charge in [-0.1, -0.05) is 12.1 Å². The van der Waals surface area contributed by atoms with E-state index in [1.54, 1.807) is 19.0 Å². The van der Waals surface area contributed by atoms with Gasteiger partial charge in [0.15, 0.2) is 12.6 Å². The van der Waals surface area contributed by atoms with Gasteiger partial charge in [0.2, 0.25) is 0 Å². The van der Waals surface area contributed by atoms with Crippen molar-refractivity contribution in [2.24, 2.45) is 4.99 Å². The van der Waals surface area contributed by atoms with E-state index in [0.29, 0.717) is 38.5 Å². The van der Waals surface area contributed by atoms with Crippen LogP contribution < -0.4 is 10.1 Å². The van der Waals surface area contributed by atoms with Crippen LogP contribution in [0.25, 0.3) is 0 Å². The summed E-state index contributed by atoms with van der Waals surface area (Å²) in [5.74, 6) is 1.43. The molecule has 2 aliphatic rings. The molecule has 2 aliphatic heterocycles. The van der Waals surface area contributed by atoms with Crippen LogP contribution in [0.3, 0.4) is 0 Å². The number of hydrogen-bond donors (Lipinski definition) is 1. The largest absolute Gasteiger partial charge is 0.484 e. The van der Waals surface area contributed by atoms with E-state index in [0.717, 1.165) is 11.5 Å². The smallest absolute Gasteiger partial charge is 0.410 e. The standard InChI is InChI=1S/C22H33N5O4.HI/c1-22(2,3)31-21(29)26-9-10-27-17(14-26)13-24-20(27)23-12-16-7-6-8-18(11-16)30-15-19(28)25(4)5;/h6-8,11,17H,9-10,12-15H2,1-5H3,(H,23,24);1H. The Morgan fingerprint density at radius 1 is 1.25 bits per heavy atom. The number of nitrogens with zero attached hydrogens (tertiary/aromatic N) is 4. The monoisotopic (exact) mass is 559 g/mol. The Hall–Kier alpha value is -2.24. The molecule has 1 unspecified atom stereocenters. The van der Waals surface area contributed by atoms with Crippen LogP contribution >= 0.6 is 24.0 Å². The molecule has 0 radical (unpaired) electrons. The highest BCUT2D eigenvalue weighted by molar-refractivity contribution is 14.0. The normalized spacial score (nSPS) is 17.7. The minimum absolute atomic E-state index is 0. The molecule has 1 fully saturated rings. The molecule has 0 spiro atoms. The molecule has 1 aromatic carbocycles. The molecule has 32 heavy (non-hydrogen) atoms. The summed E-state index contributed by atoms with van der Waals surface area (Å²) in [5.41, 5.74) is 0.541. The van der Waals surface area contributed by atoms with Gasteiger partial charge in [-0.15, -0.1) is 24.0 Å². The highest BCUT2D eigenvalue weighted by Crippen LogP contribution is 2.19. The van der Waals surface area contributed by atoms with E-state index in [1.807, 2.05) is 45.0 Å². The molecular formula is C22H34IN5O4. The topological polar surface area (TPSA) is 86.7 Å². The third-order valence-electron chi connectivity index (χ3n) is 5.07. The Bertz CT molecular complexity index is 840. The van der Waals surface area contributed by atoms with Crippen molar-refractivity contribution in [3.8, 4) is 5.75 Å². The molecule has 1 N–H and O–H groups in total. The van der Waals surface area contributed by atoms with E-state index >= 15 is 0 Å². The molecule has 0 bridgehead atoms. The van der Waals surface area contributed by atoms with Gasteiger partial charge in [-0.3, -0.25) is 9.79 Å². The predicted octanol–water partition coefficient (Wildman–Crippen LogP) is 2.15. The zero-order valence-electron chi connectivity index (χ0n) is 19.5. The minimum atomic E-state index is -0.495. The molecule has 0 aromatic heterocycles. The van der Waals surface area contributed by atoms with Gasteiger partial charge in [0.25, 0.3) is 5.91 Å². The highest BCUT2D eigenvalue weighted by atomic mass is 127. The van der Waals surface area contributed by atoms with Crippen molar-refractivity contribution >= 4 is 41.9 Å². The van der Waals surface area contributed by atoms with Crippen molar-refractivity contribution in [3.05, 3.63) is 29.8 Å². The fraction of sp³-hybridized carbons (Fsp3) is 0.591. The van der Waals surface area contributed by atoms with Crippen LogP contribution in [-0.4, -0.2) is 91.2 Å². The van der Waals surface area contributed by atoms with Gasteiger partial charge in [-0.2, -0.15) is 0 Å². The number of halogens is 1. The van der Waals surface area contributed by atoms with Gasteiger partial charge < -0.3 is 29.5 Å². The fourth-order valence-corrected chi connectivity index (χ4v) is 3.42. The summed E-state index contributed by atoms with van der Waals surface area (Å²) < 4.78 is 11.1. The number of piperazine rings is 1. The summed E-state index contributed by atoms with van der Waals surface area (Å²) in [4.78, 5) is 34.2. The maximum Gasteiger partial charge on any atom is 0.410 e. The summed E-state index contributed by atoms with van der Waals surface area (Å²) in [6, 6.07) is 7.83. The van der Waals surface area contributed by atoms with E-state index in [2.05, 4.69) is 15.2 Å². The number of carbonyl (C=O) groups is 2. The summed E-state index contributed by atoms with van der Waals surface area (Å²) in [7, 11) is 3.41. The Morgan fingerprint density at radius 2 is 2.00 bits per heavy atom. The first-order valence-electron chi connectivity index (χ1n) is 10.6. The van der Waals surface area contributed by atoms with Crippen molar-refractivity contribution in [2.45, 2.75) is 39.0 Å².